The largest absolute Gasteiger partial charge is 0.294 e. The number of rotatable bonds is 4. The molecular weight excluding hydrogens is 348 g/mol. The van der Waals surface area contributed by atoms with Gasteiger partial charge in [-0.3, -0.25) is 14.4 Å². The number of carbonyl (C=O) groups excluding carboxylic acids is 3. The van der Waals surface area contributed by atoms with E-state index >= 15 is 0 Å². The minimum atomic E-state index is -0.413. The monoisotopic (exact) mass is 362 g/mol. The third kappa shape index (κ3) is 3.12. The maximum atomic E-state index is 12.6. The van der Waals surface area contributed by atoms with E-state index in [-0.39, 0.29) is 29.1 Å². The van der Waals surface area contributed by atoms with E-state index in [1.165, 1.54) is 6.92 Å². The van der Waals surface area contributed by atoms with E-state index in [0.717, 1.165) is 21.8 Å². The van der Waals surface area contributed by atoms with Crippen molar-refractivity contribution in [1.29, 1.82) is 0 Å². The summed E-state index contributed by atoms with van der Waals surface area (Å²) in [4.78, 5) is 42.3. The van der Waals surface area contributed by atoms with Crippen molar-refractivity contribution < 1.29 is 14.4 Å². The van der Waals surface area contributed by atoms with Crippen LogP contribution in [0.4, 0.5) is 5.13 Å². The summed E-state index contributed by atoms with van der Waals surface area (Å²) in [5.74, 6) is -1.07. The number of nitrogens with zero attached hydrogens (tertiary/aromatic N) is 2. The molecule has 1 aromatic heterocycles. The summed E-state index contributed by atoms with van der Waals surface area (Å²) in [5, 5.41) is 0.913. The van der Waals surface area contributed by atoms with Crippen LogP contribution in [0.5, 0.6) is 0 Å². The van der Waals surface area contributed by atoms with Gasteiger partial charge in [-0.05, 0) is 31.0 Å². The highest BCUT2D eigenvalue weighted by molar-refractivity contribution is 7.18. The summed E-state index contributed by atoms with van der Waals surface area (Å²) < 4.78 is 0. The number of halogens is 1. The zero-order chi connectivity index (χ0) is 17.4. The van der Waals surface area contributed by atoms with Crippen molar-refractivity contribution >= 4 is 45.7 Å². The molecule has 5 nitrogen and oxygen atoms in total. The second-order valence-corrected chi connectivity index (χ2v) is 7.18. The smallest absolute Gasteiger partial charge is 0.239 e. The van der Waals surface area contributed by atoms with Crippen LogP contribution in [0, 0.1) is 12.8 Å². The van der Waals surface area contributed by atoms with Gasteiger partial charge in [0.15, 0.2) is 10.9 Å². The van der Waals surface area contributed by atoms with Crippen LogP contribution >= 0.6 is 22.9 Å². The summed E-state index contributed by atoms with van der Waals surface area (Å²) in [5.41, 5.74) is 1.50. The molecule has 0 N–H and O–H groups in total. The predicted octanol–water partition coefficient (Wildman–Crippen LogP) is 3.43. The minimum absolute atomic E-state index is 0.118. The number of hydrogen-bond acceptors (Lipinski definition) is 5. The molecule has 1 aliphatic rings. The van der Waals surface area contributed by atoms with E-state index < -0.39 is 5.92 Å². The molecule has 2 aromatic rings. The lowest BCUT2D eigenvalue weighted by atomic mass is 9.98. The van der Waals surface area contributed by atoms with E-state index in [1.807, 2.05) is 12.1 Å². The van der Waals surface area contributed by atoms with Crippen LogP contribution in [0.15, 0.2) is 24.3 Å². The Kier molecular flexibility index (Phi) is 4.51. The van der Waals surface area contributed by atoms with Gasteiger partial charge >= 0.3 is 0 Å². The standard InChI is InChI=1S/C17H15ClN2O3S/c1-9-15(10(2)21)24-17(19-9)20-14(22)8-12(16(20)23)7-11-3-5-13(18)6-4-11/h3-6,12H,7-8H2,1-2H3. The van der Waals surface area contributed by atoms with Crippen molar-refractivity contribution in [1.82, 2.24) is 4.98 Å². The van der Waals surface area contributed by atoms with Gasteiger partial charge in [-0.1, -0.05) is 35.1 Å². The van der Waals surface area contributed by atoms with E-state index in [0.29, 0.717) is 22.0 Å². The molecule has 2 heterocycles. The zero-order valence-electron chi connectivity index (χ0n) is 13.2. The number of Topliss-reactive ketones (excluding diaryl/α,β-unsaturated/α-hetero) is 1. The van der Waals surface area contributed by atoms with Crippen molar-refractivity contribution in [2.24, 2.45) is 5.92 Å². The maximum Gasteiger partial charge on any atom is 0.239 e. The van der Waals surface area contributed by atoms with Gasteiger partial charge in [0.2, 0.25) is 11.8 Å². The fraction of sp³-hybridized carbons (Fsp3) is 0.294. The molecular formula is C17H15ClN2O3S. The average molecular weight is 363 g/mol. The van der Waals surface area contributed by atoms with Crippen molar-refractivity contribution in [3.05, 3.63) is 45.4 Å². The third-order valence-electron chi connectivity index (χ3n) is 3.93. The van der Waals surface area contributed by atoms with Gasteiger partial charge in [-0.15, -0.1) is 0 Å². The highest BCUT2D eigenvalue weighted by atomic mass is 35.5. The Morgan fingerprint density at radius 2 is 2.00 bits per heavy atom. The first-order valence-electron chi connectivity index (χ1n) is 7.46. The molecule has 1 unspecified atom stereocenters. The van der Waals surface area contributed by atoms with Gasteiger partial charge in [-0.25, -0.2) is 9.88 Å². The van der Waals surface area contributed by atoms with Crippen LogP contribution in [0.1, 0.15) is 34.3 Å². The summed E-state index contributed by atoms with van der Waals surface area (Å²) in [7, 11) is 0. The molecule has 0 aliphatic carbocycles. The van der Waals surface area contributed by atoms with Gasteiger partial charge < -0.3 is 0 Å². The van der Waals surface area contributed by atoms with Crippen molar-refractivity contribution in [3.8, 4) is 0 Å². The maximum absolute atomic E-state index is 12.6. The van der Waals surface area contributed by atoms with E-state index in [2.05, 4.69) is 4.98 Å². The lowest BCUT2D eigenvalue weighted by molar-refractivity contribution is -0.122. The summed E-state index contributed by atoms with van der Waals surface area (Å²) in [6.07, 6.45) is 0.623. The van der Waals surface area contributed by atoms with Gasteiger partial charge in [-0.2, -0.15) is 0 Å². The molecule has 1 saturated heterocycles. The molecule has 3 rings (SSSR count). The second kappa shape index (κ2) is 6.45. The van der Waals surface area contributed by atoms with E-state index in [9.17, 15) is 14.4 Å². The molecule has 124 valence electrons. The third-order valence-corrected chi connectivity index (χ3v) is 5.43. The molecule has 0 bridgehead atoms. The van der Waals surface area contributed by atoms with Crippen LogP contribution in [-0.2, 0) is 16.0 Å². The number of hydrogen-bond donors (Lipinski definition) is 0. The van der Waals surface area contributed by atoms with Crippen LogP contribution in [0.25, 0.3) is 0 Å². The van der Waals surface area contributed by atoms with Gasteiger partial charge in [0.05, 0.1) is 16.5 Å². The summed E-state index contributed by atoms with van der Waals surface area (Å²) in [6.45, 7) is 3.15. The van der Waals surface area contributed by atoms with E-state index in [4.69, 9.17) is 11.6 Å². The van der Waals surface area contributed by atoms with Crippen LogP contribution in [-0.4, -0.2) is 22.6 Å². The van der Waals surface area contributed by atoms with Crippen LogP contribution in [0.2, 0.25) is 5.02 Å². The highest BCUT2D eigenvalue weighted by Gasteiger charge is 2.41. The molecule has 1 aliphatic heterocycles. The quantitative estimate of drug-likeness (QED) is 0.617. The molecule has 24 heavy (non-hydrogen) atoms. The van der Waals surface area contributed by atoms with Gasteiger partial charge in [0, 0.05) is 18.4 Å². The molecule has 0 spiro atoms. The second-order valence-electron chi connectivity index (χ2n) is 5.77. The van der Waals surface area contributed by atoms with Crippen molar-refractivity contribution in [3.63, 3.8) is 0 Å². The Labute approximate surface area is 148 Å². The van der Waals surface area contributed by atoms with Gasteiger partial charge in [0.1, 0.15) is 0 Å². The first-order chi connectivity index (χ1) is 11.4. The Bertz CT molecular complexity index is 829. The summed E-state index contributed by atoms with van der Waals surface area (Å²) >= 11 is 6.95. The van der Waals surface area contributed by atoms with Crippen LogP contribution in [0.3, 0.4) is 0 Å². The molecule has 2 amide bonds. The molecule has 1 aromatic carbocycles. The van der Waals surface area contributed by atoms with E-state index in [1.54, 1.807) is 19.1 Å². The Hall–Kier alpha value is -2.05. The molecule has 1 fully saturated rings. The number of anilines is 1. The number of carbonyl (C=O) groups is 3. The molecule has 1 atom stereocenters. The number of aryl methyl sites for hydroxylation is 1. The average Bonchev–Trinajstić information content (AvgIpc) is 3.02. The van der Waals surface area contributed by atoms with Crippen LogP contribution < -0.4 is 4.90 Å². The normalized spacial score (nSPS) is 17.6. The number of amides is 2. The minimum Gasteiger partial charge on any atom is -0.294 e. The first kappa shape index (κ1) is 16.8. The zero-order valence-corrected chi connectivity index (χ0v) is 14.8. The number of imide groups is 1. The Morgan fingerprint density at radius 1 is 1.33 bits per heavy atom. The fourth-order valence-electron chi connectivity index (χ4n) is 2.76. The molecule has 7 heteroatoms. The number of ketones is 1. The summed E-state index contributed by atoms with van der Waals surface area (Å²) in [6, 6.07) is 7.23. The molecule has 0 radical (unpaired) electrons. The number of thiazole rings is 1. The highest BCUT2D eigenvalue weighted by Crippen LogP contribution is 2.33. The Balaban J connectivity index is 1.82. The fourth-order valence-corrected chi connectivity index (χ4v) is 3.88. The number of benzene rings is 1. The lowest BCUT2D eigenvalue weighted by Crippen LogP contribution is -2.30. The lowest BCUT2D eigenvalue weighted by Gasteiger charge is -2.11. The Morgan fingerprint density at radius 3 is 2.58 bits per heavy atom. The van der Waals surface area contributed by atoms with Crippen molar-refractivity contribution in [2.75, 3.05) is 4.90 Å². The first-order valence-corrected chi connectivity index (χ1v) is 8.66. The van der Waals surface area contributed by atoms with Gasteiger partial charge in [0.25, 0.3) is 0 Å². The predicted molar refractivity (Wildman–Crippen MR) is 92.6 cm³/mol. The molecule has 0 saturated carbocycles. The number of aromatic nitrogens is 1. The topological polar surface area (TPSA) is 67.3 Å². The SMILES string of the molecule is CC(=O)c1sc(N2C(=O)CC(Cc3ccc(Cl)cc3)C2=O)nc1C. The van der Waals surface area contributed by atoms with Crippen molar-refractivity contribution in [2.45, 2.75) is 26.7 Å².